The molecule has 0 radical (unpaired) electrons. The monoisotopic (exact) mass is 336 g/mol. The Morgan fingerprint density at radius 3 is 2.56 bits per heavy atom. The Balaban J connectivity index is 2.29. The molecule has 1 N–H and O–H groups in total. The van der Waals surface area contributed by atoms with Crippen LogP contribution in [0.4, 0.5) is 0 Å². The van der Waals surface area contributed by atoms with E-state index in [0.29, 0.717) is 34.3 Å². The molecule has 2 aromatic heterocycles. The largest absolute Gasteiger partial charge is 0.507 e. The van der Waals surface area contributed by atoms with Gasteiger partial charge in [0.2, 0.25) is 0 Å². The maximum Gasteiger partial charge on any atom is 0.263 e. The highest BCUT2D eigenvalue weighted by Crippen LogP contribution is 2.27. The van der Waals surface area contributed by atoms with Crippen molar-refractivity contribution >= 4 is 16.8 Å². The number of pyridine rings is 2. The molecule has 0 aliphatic heterocycles. The van der Waals surface area contributed by atoms with Crippen LogP contribution in [0.2, 0.25) is 0 Å². The number of carbonyl (C=O) groups excluding carboxylic acids is 1. The minimum absolute atomic E-state index is 0.0122. The lowest BCUT2D eigenvalue weighted by Crippen LogP contribution is -2.23. The first-order valence-corrected chi connectivity index (χ1v) is 8.37. The summed E-state index contributed by atoms with van der Waals surface area (Å²) in [5.74, 6) is -0.0191. The molecule has 0 aliphatic rings. The van der Waals surface area contributed by atoms with E-state index in [1.807, 2.05) is 6.92 Å². The molecule has 0 unspecified atom stereocenters. The molecular formula is C20H20N2O3. The smallest absolute Gasteiger partial charge is 0.263 e. The first kappa shape index (κ1) is 16.9. The van der Waals surface area contributed by atoms with Gasteiger partial charge >= 0.3 is 0 Å². The highest BCUT2D eigenvalue weighted by molar-refractivity contribution is 5.94. The van der Waals surface area contributed by atoms with Gasteiger partial charge in [0.15, 0.2) is 11.4 Å². The Labute approximate surface area is 145 Å². The fraction of sp³-hybridized carbons (Fsp3) is 0.250. The van der Waals surface area contributed by atoms with Crippen molar-refractivity contribution in [2.24, 2.45) is 0 Å². The van der Waals surface area contributed by atoms with Gasteiger partial charge in [0.25, 0.3) is 5.56 Å². The number of hydrogen-bond acceptors (Lipinski definition) is 4. The third-order valence-electron chi connectivity index (χ3n) is 4.31. The van der Waals surface area contributed by atoms with Gasteiger partial charge < -0.3 is 5.11 Å². The van der Waals surface area contributed by atoms with E-state index >= 15 is 0 Å². The van der Waals surface area contributed by atoms with Gasteiger partial charge in [0.1, 0.15) is 5.75 Å². The molecule has 0 bridgehead atoms. The molecule has 5 nitrogen and oxygen atoms in total. The fourth-order valence-electron chi connectivity index (χ4n) is 2.92. The number of aromatic nitrogens is 2. The van der Waals surface area contributed by atoms with Crippen LogP contribution in [0.15, 0.2) is 47.4 Å². The highest BCUT2D eigenvalue weighted by Gasteiger charge is 2.17. The predicted molar refractivity (Wildman–Crippen MR) is 97.6 cm³/mol. The van der Waals surface area contributed by atoms with Crippen molar-refractivity contribution in [3.63, 3.8) is 0 Å². The summed E-state index contributed by atoms with van der Waals surface area (Å²) in [5, 5.41) is 11.1. The van der Waals surface area contributed by atoms with Crippen LogP contribution in [0.25, 0.3) is 16.7 Å². The second-order valence-electron chi connectivity index (χ2n) is 6.05. The predicted octanol–water partition coefficient (Wildman–Crippen LogP) is 3.64. The van der Waals surface area contributed by atoms with Gasteiger partial charge in [-0.3, -0.25) is 14.2 Å². The summed E-state index contributed by atoms with van der Waals surface area (Å²) >= 11 is 0. The van der Waals surface area contributed by atoms with Gasteiger partial charge in [0.05, 0.1) is 16.6 Å². The van der Waals surface area contributed by atoms with Crippen LogP contribution in [0.3, 0.4) is 0 Å². The topological polar surface area (TPSA) is 72.2 Å². The Kier molecular flexibility index (Phi) is 4.65. The number of aromatic hydroxyl groups is 1. The minimum atomic E-state index is -0.271. The molecule has 5 heteroatoms. The molecule has 0 fully saturated rings. The Morgan fingerprint density at radius 1 is 1.20 bits per heavy atom. The summed E-state index contributed by atoms with van der Waals surface area (Å²) in [6.45, 7) is 3.54. The normalized spacial score (nSPS) is 11.0. The van der Waals surface area contributed by atoms with Gasteiger partial charge in [-0.05, 0) is 56.2 Å². The van der Waals surface area contributed by atoms with Crippen molar-refractivity contribution < 1.29 is 9.90 Å². The van der Waals surface area contributed by atoms with Crippen LogP contribution in [0, 0.1) is 0 Å². The van der Waals surface area contributed by atoms with Crippen LogP contribution in [0.1, 0.15) is 42.6 Å². The molecule has 1 aromatic carbocycles. The second-order valence-corrected chi connectivity index (χ2v) is 6.05. The number of fused-ring (bicyclic) bond motifs is 1. The molecule has 0 aliphatic carbocycles. The van der Waals surface area contributed by atoms with Gasteiger partial charge in [-0.15, -0.1) is 0 Å². The molecule has 0 saturated heterocycles. The second kappa shape index (κ2) is 6.89. The molecule has 0 saturated carbocycles. The van der Waals surface area contributed by atoms with Crippen molar-refractivity contribution in [2.75, 3.05) is 0 Å². The van der Waals surface area contributed by atoms with Gasteiger partial charge in [-0.25, -0.2) is 4.98 Å². The summed E-state index contributed by atoms with van der Waals surface area (Å²) < 4.78 is 1.50. The number of carbonyl (C=O) groups is 1. The third kappa shape index (κ3) is 3.05. The number of hydrogen-bond donors (Lipinski definition) is 1. The summed E-state index contributed by atoms with van der Waals surface area (Å²) in [5.41, 5.74) is 1.74. The van der Waals surface area contributed by atoms with Crippen molar-refractivity contribution in [3.05, 3.63) is 64.1 Å². The summed E-state index contributed by atoms with van der Waals surface area (Å²) in [6, 6.07) is 10.3. The lowest BCUT2D eigenvalue weighted by molar-refractivity contribution is 0.101. The van der Waals surface area contributed by atoms with E-state index in [1.54, 1.807) is 42.6 Å². The summed E-state index contributed by atoms with van der Waals surface area (Å²) in [6.07, 6.45) is 3.85. The molecule has 3 rings (SSSR count). The van der Waals surface area contributed by atoms with Crippen molar-refractivity contribution in [3.8, 4) is 11.4 Å². The summed E-state index contributed by atoms with van der Waals surface area (Å²) in [7, 11) is 0. The van der Waals surface area contributed by atoms with E-state index < -0.39 is 0 Å². The molecule has 2 heterocycles. The molecule has 25 heavy (non-hydrogen) atoms. The van der Waals surface area contributed by atoms with Crippen LogP contribution in [0.5, 0.6) is 5.75 Å². The molecule has 0 spiro atoms. The maximum absolute atomic E-state index is 13.0. The van der Waals surface area contributed by atoms with E-state index in [1.165, 1.54) is 11.5 Å². The quantitative estimate of drug-likeness (QED) is 0.722. The molecular weight excluding hydrogens is 316 g/mol. The zero-order chi connectivity index (χ0) is 18.0. The first-order valence-electron chi connectivity index (χ1n) is 8.37. The van der Waals surface area contributed by atoms with Crippen LogP contribution < -0.4 is 5.56 Å². The molecule has 0 atom stereocenters. The lowest BCUT2D eigenvalue weighted by atomic mass is 10.1. The minimum Gasteiger partial charge on any atom is -0.507 e. The molecule has 128 valence electrons. The van der Waals surface area contributed by atoms with E-state index in [2.05, 4.69) is 4.98 Å². The number of Topliss-reactive ketones (excluding diaryl/α,β-unsaturated/α-hetero) is 1. The fourth-order valence-corrected chi connectivity index (χ4v) is 2.92. The van der Waals surface area contributed by atoms with E-state index in [9.17, 15) is 14.7 Å². The Bertz CT molecular complexity index is 988. The summed E-state index contributed by atoms with van der Waals surface area (Å²) in [4.78, 5) is 28.8. The first-order chi connectivity index (χ1) is 12.0. The number of ketones is 1. The maximum atomic E-state index is 13.0. The van der Waals surface area contributed by atoms with Crippen molar-refractivity contribution in [1.82, 2.24) is 9.55 Å². The number of benzene rings is 1. The SMILES string of the molecule is CCCCc1c(O)c2cccnc2n(-c2ccc(C(C)=O)cc2)c1=O. The molecule has 0 amide bonds. The number of unbranched alkanes of at least 4 members (excludes halogenated alkanes) is 1. The Morgan fingerprint density at radius 2 is 1.92 bits per heavy atom. The van der Waals surface area contributed by atoms with Crippen LogP contribution in [-0.4, -0.2) is 20.4 Å². The van der Waals surface area contributed by atoms with Crippen LogP contribution in [-0.2, 0) is 6.42 Å². The van der Waals surface area contributed by atoms with Gasteiger partial charge in [0, 0.05) is 11.8 Å². The van der Waals surface area contributed by atoms with Crippen molar-refractivity contribution in [2.45, 2.75) is 33.1 Å². The van der Waals surface area contributed by atoms with E-state index in [0.717, 1.165) is 12.8 Å². The zero-order valence-corrected chi connectivity index (χ0v) is 14.3. The van der Waals surface area contributed by atoms with Gasteiger partial charge in [-0.2, -0.15) is 0 Å². The number of nitrogens with zero attached hydrogens (tertiary/aromatic N) is 2. The molecule has 3 aromatic rings. The van der Waals surface area contributed by atoms with E-state index in [4.69, 9.17) is 0 Å². The average molecular weight is 336 g/mol. The lowest BCUT2D eigenvalue weighted by Gasteiger charge is -2.14. The van der Waals surface area contributed by atoms with E-state index in [-0.39, 0.29) is 17.1 Å². The Hall–Kier alpha value is -2.95. The third-order valence-corrected chi connectivity index (χ3v) is 4.31. The van der Waals surface area contributed by atoms with Crippen molar-refractivity contribution in [1.29, 1.82) is 0 Å². The number of rotatable bonds is 5. The standard InChI is InChI=1S/C20H20N2O3/c1-3-4-6-17-18(24)16-7-5-12-21-19(16)22(20(17)25)15-10-8-14(9-11-15)13(2)23/h5,7-12,24H,3-4,6H2,1-2H3. The average Bonchev–Trinajstić information content (AvgIpc) is 2.62. The van der Waals surface area contributed by atoms with Crippen LogP contribution >= 0.6 is 0 Å². The van der Waals surface area contributed by atoms with Gasteiger partial charge in [-0.1, -0.05) is 13.3 Å². The highest BCUT2D eigenvalue weighted by atomic mass is 16.3. The zero-order valence-electron chi connectivity index (χ0n) is 14.3.